The highest BCUT2D eigenvalue weighted by Crippen LogP contribution is 2.14. The van der Waals surface area contributed by atoms with Crippen molar-refractivity contribution in [1.29, 1.82) is 0 Å². The van der Waals surface area contributed by atoms with Crippen molar-refractivity contribution < 1.29 is 21.6 Å². The lowest BCUT2D eigenvalue weighted by atomic mass is 10.9. The summed E-state index contributed by atoms with van der Waals surface area (Å²) in [5.74, 6) is 0. The maximum absolute atomic E-state index is 11.2. The molecule has 0 fully saturated rings. The average Bonchev–Trinajstić information content (AvgIpc) is 2.13. The van der Waals surface area contributed by atoms with E-state index in [0.29, 0.717) is 10.8 Å². The molecule has 0 bridgehead atoms. The van der Waals surface area contributed by atoms with E-state index >= 15 is 0 Å². The van der Waals surface area contributed by atoms with E-state index in [2.05, 4.69) is 17.9 Å². The monoisotopic (exact) mass is 240 g/mol. The molecule has 0 aliphatic rings. The van der Waals surface area contributed by atoms with E-state index in [-0.39, 0.29) is 6.61 Å². The maximum Gasteiger partial charge on any atom is 0.268 e. The molecule has 7 heteroatoms. The first-order valence-electron chi connectivity index (χ1n) is 3.66. The summed E-state index contributed by atoms with van der Waals surface area (Å²) >= 11 is 0. The highest BCUT2D eigenvalue weighted by atomic mass is 32.3. The molecule has 0 unspecified atom stereocenters. The molecule has 82 valence electrons. The Kier molecular flexibility index (Phi) is 4.50. The molecule has 0 saturated carbocycles. The summed E-state index contributed by atoms with van der Waals surface area (Å²) in [6.45, 7) is 7.49. The third kappa shape index (κ3) is 2.93. The highest BCUT2D eigenvalue weighted by molar-refractivity contribution is 8.11. The van der Waals surface area contributed by atoms with Crippen LogP contribution in [0.5, 0.6) is 0 Å². The molecule has 0 aromatic carbocycles. The molecule has 0 aromatic rings. The van der Waals surface area contributed by atoms with Crippen molar-refractivity contribution in [2.75, 3.05) is 6.61 Å². The number of sulfone groups is 2. The molecule has 14 heavy (non-hydrogen) atoms. The second-order valence-electron chi connectivity index (χ2n) is 2.26. The van der Waals surface area contributed by atoms with Crippen LogP contribution in [0.3, 0.4) is 0 Å². The van der Waals surface area contributed by atoms with E-state index in [1.165, 1.54) is 6.92 Å². The topological polar surface area (TPSA) is 77.5 Å². The molecule has 5 nitrogen and oxygen atoms in total. The van der Waals surface area contributed by atoms with Crippen molar-refractivity contribution in [2.24, 2.45) is 0 Å². The van der Waals surface area contributed by atoms with Gasteiger partial charge in [0.15, 0.2) is 0 Å². The lowest BCUT2D eigenvalue weighted by Crippen LogP contribution is -2.30. The van der Waals surface area contributed by atoms with Gasteiger partial charge in [-0.05, 0) is 6.92 Å². The zero-order valence-corrected chi connectivity index (χ0v) is 9.34. The molecule has 0 aromatic heterocycles. The Morgan fingerprint density at radius 1 is 1.14 bits per heavy atom. The van der Waals surface area contributed by atoms with Crippen molar-refractivity contribution in [3.63, 3.8) is 0 Å². The van der Waals surface area contributed by atoms with Gasteiger partial charge in [0.2, 0.25) is 19.7 Å². The summed E-state index contributed by atoms with van der Waals surface area (Å²) in [6.07, 6.45) is 0. The van der Waals surface area contributed by atoms with Crippen LogP contribution in [0.15, 0.2) is 24.0 Å². The molecule has 0 heterocycles. The van der Waals surface area contributed by atoms with E-state index in [1.807, 2.05) is 0 Å². The lowest BCUT2D eigenvalue weighted by Gasteiger charge is -2.12. The molecule has 0 radical (unpaired) electrons. The van der Waals surface area contributed by atoms with Gasteiger partial charge in [0, 0.05) is 17.4 Å². The highest BCUT2D eigenvalue weighted by Gasteiger charge is 2.34. The second-order valence-corrected chi connectivity index (χ2v) is 6.43. The first-order chi connectivity index (χ1) is 6.31. The predicted molar refractivity (Wildman–Crippen MR) is 53.6 cm³/mol. The third-order valence-corrected chi connectivity index (χ3v) is 5.19. The first-order valence-corrected chi connectivity index (χ1v) is 6.88. The van der Waals surface area contributed by atoms with Crippen molar-refractivity contribution in [1.82, 2.24) is 0 Å². The summed E-state index contributed by atoms with van der Waals surface area (Å²) in [6, 6.07) is 0. The van der Waals surface area contributed by atoms with Crippen LogP contribution in [0.2, 0.25) is 0 Å². The molecule has 0 spiro atoms. The minimum atomic E-state index is -4.01. The quantitative estimate of drug-likeness (QED) is 0.672. The minimum absolute atomic E-state index is 0.0369. The van der Waals surface area contributed by atoms with Crippen molar-refractivity contribution in [3.05, 3.63) is 24.0 Å². The molecular weight excluding hydrogens is 228 g/mol. The van der Waals surface area contributed by atoms with Crippen molar-refractivity contribution >= 4 is 19.7 Å². The standard InChI is InChI=1S/C7H12O5S2/c1-4-12-7(13(8,9)5-2)14(10,11)6-3/h5-7H,2-4H2,1H3. The smallest absolute Gasteiger partial charge is 0.268 e. The SMILES string of the molecule is C=CS(=O)(=O)C(OCC)S(=O)(=O)C=C. The zero-order valence-electron chi connectivity index (χ0n) is 7.71. The van der Waals surface area contributed by atoms with Crippen molar-refractivity contribution in [2.45, 2.75) is 11.7 Å². The van der Waals surface area contributed by atoms with E-state index in [0.717, 1.165) is 0 Å². The van der Waals surface area contributed by atoms with Gasteiger partial charge in [-0.25, -0.2) is 16.8 Å². The summed E-state index contributed by atoms with van der Waals surface area (Å²) in [7, 11) is -8.02. The Morgan fingerprint density at radius 2 is 1.50 bits per heavy atom. The van der Waals surface area contributed by atoms with E-state index in [9.17, 15) is 16.8 Å². The van der Waals surface area contributed by atoms with Gasteiger partial charge in [0.05, 0.1) is 0 Å². The summed E-state index contributed by atoms with van der Waals surface area (Å²) in [5, 5.41) is 1.10. The molecule has 0 rings (SSSR count). The second kappa shape index (κ2) is 4.72. The van der Waals surface area contributed by atoms with Crippen LogP contribution >= 0.6 is 0 Å². The molecule has 0 saturated heterocycles. The van der Waals surface area contributed by atoms with Gasteiger partial charge < -0.3 is 4.74 Å². The summed E-state index contributed by atoms with van der Waals surface area (Å²) in [5.41, 5.74) is 0. The minimum Gasteiger partial charge on any atom is -0.349 e. The predicted octanol–water partition coefficient (Wildman–Crippen LogP) is 0.423. The van der Waals surface area contributed by atoms with Gasteiger partial charge in [0.1, 0.15) is 0 Å². The van der Waals surface area contributed by atoms with Gasteiger partial charge in [-0.2, -0.15) is 0 Å². The Hall–Kier alpha value is -0.660. The van der Waals surface area contributed by atoms with Crippen LogP contribution in [0.1, 0.15) is 6.92 Å². The molecule has 0 atom stereocenters. The van der Waals surface area contributed by atoms with Crippen LogP contribution < -0.4 is 0 Å². The number of rotatable bonds is 6. The fourth-order valence-corrected chi connectivity index (χ4v) is 3.60. The van der Waals surface area contributed by atoms with Crippen LogP contribution in [0, 0.1) is 0 Å². The molecule has 0 N–H and O–H groups in total. The number of hydrogen-bond acceptors (Lipinski definition) is 5. The van der Waals surface area contributed by atoms with Gasteiger partial charge in [-0.1, -0.05) is 13.2 Å². The van der Waals surface area contributed by atoms with E-state index < -0.39 is 24.4 Å². The van der Waals surface area contributed by atoms with Crippen LogP contribution in [-0.2, 0) is 24.4 Å². The van der Waals surface area contributed by atoms with Crippen LogP contribution in [-0.4, -0.2) is 28.2 Å². The summed E-state index contributed by atoms with van der Waals surface area (Å²) < 4.78 is 47.6. The van der Waals surface area contributed by atoms with E-state index in [1.54, 1.807) is 0 Å². The zero-order chi connectivity index (χ0) is 11.4. The fraction of sp³-hybridized carbons (Fsp3) is 0.429. The Labute approximate surface area is 83.9 Å². The number of hydrogen-bond donors (Lipinski definition) is 0. The maximum atomic E-state index is 11.2. The first kappa shape index (κ1) is 13.3. The Morgan fingerprint density at radius 3 is 1.71 bits per heavy atom. The normalized spacial score (nSPS) is 12.7. The largest absolute Gasteiger partial charge is 0.349 e. The molecule has 0 amide bonds. The van der Waals surface area contributed by atoms with E-state index in [4.69, 9.17) is 0 Å². The molecule has 0 aliphatic carbocycles. The van der Waals surface area contributed by atoms with Crippen LogP contribution in [0.25, 0.3) is 0 Å². The molecule has 0 aliphatic heterocycles. The van der Waals surface area contributed by atoms with Crippen LogP contribution in [0.4, 0.5) is 0 Å². The Balaban J connectivity index is 5.39. The fourth-order valence-electron chi connectivity index (χ4n) is 0.670. The molecular formula is C7H12O5S2. The van der Waals surface area contributed by atoms with Gasteiger partial charge >= 0.3 is 0 Å². The summed E-state index contributed by atoms with van der Waals surface area (Å²) in [4.78, 5) is 0. The van der Waals surface area contributed by atoms with Gasteiger partial charge in [0.25, 0.3) is 4.77 Å². The van der Waals surface area contributed by atoms with Gasteiger partial charge in [-0.3, -0.25) is 0 Å². The average molecular weight is 240 g/mol. The number of ether oxygens (including phenoxy) is 1. The van der Waals surface area contributed by atoms with Gasteiger partial charge in [-0.15, -0.1) is 0 Å². The Bertz CT molecular complexity index is 365. The lowest BCUT2D eigenvalue weighted by molar-refractivity contribution is 0.165. The van der Waals surface area contributed by atoms with Crippen molar-refractivity contribution in [3.8, 4) is 0 Å². The third-order valence-electron chi connectivity index (χ3n) is 1.30.